The molecule has 80 valence electrons. The fourth-order valence-corrected chi connectivity index (χ4v) is 3.02. The van der Waals surface area contributed by atoms with Crippen LogP contribution in [0.15, 0.2) is 5.57 Å². The number of carbonyl (C=O) groups excluding carboxylic acids is 2. The van der Waals surface area contributed by atoms with Crippen molar-refractivity contribution < 1.29 is 19.5 Å². The van der Waals surface area contributed by atoms with Gasteiger partial charge in [0.2, 0.25) is 5.91 Å². The number of aliphatic carboxylic acids is 1. The van der Waals surface area contributed by atoms with E-state index in [1.807, 2.05) is 0 Å². The molecule has 6 nitrogen and oxygen atoms in total. The van der Waals surface area contributed by atoms with Crippen LogP contribution in [0, 0.1) is 0 Å². The molecule has 2 unspecified atom stereocenters. The first-order chi connectivity index (χ1) is 7.07. The maximum Gasteiger partial charge on any atom is 0.331 e. The molecule has 0 aromatic carbocycles. The van der Waals surface area contributed by atoms with Crippen LogP contribution in [-0.2, 0) is 14.4 Å². The van der Waals surface area contributed by atoms with Gasteiger partial charge in [-0.2, -0.15) is 0 Å². The van der Waals surface area contributed by atoms with Crippen molar-refractivity contribution in [2.45, 2.75) is 17.5 Å². The van der Waals surface area contributed by atoms with Gasteiger partial charge in [0.15, 0.2) is 6.04 Å². The fourth-order valence-electron chi connectivity index (χ4n) is 1.74. The Kier molecular flexibility index (Phi) is 2.30. The molecule has 3 atom stereocenters. The zero-order valence-corrected chi connectivity index (χ0v) is 8.36. The van der Waals surface area contributed by atoms with E-state index in [1.165, 1.54) is 11.8 Å². The van der Waals surface area contributed by atoms with Crippen LogP contribution in [0.5, 0.6) is 0 Å². The van der Waals surface area contributed by atoms with Crippen LogP contribution < -0.4 is 5.73 Å². The van der Waals surface area contributed by atoms with Crippen LogP contribution in [0.2, 0.25) is 0 Å². The molecule has 0 radical (unpaired) electrons. The van der Waals surface area contributed by atoms with Gasteiger partial charge < -0.3 is 15.7 Å². The molecule has 2 saturated heterocycles. The Labute approximate surface area is 89.1 Å². The van der Waals surface area contributed by atoms with Crippen molar-refractivity contribution in [3.05, 3.63) is 5.57 Å². The average molecular weight is 228 g/mol. The minimum absolute atomic E-state index is 0.0870. The van der Waals surface area contributed by atoms with E-state index < -0.39 is 24.0 Å². The highest BCUT2D eigenvalue weighted by Crippen LogP contribution is 2.38. The van der Waals surface area contributed by atoms with Gasteiger partial charge >= 0.3 is 5.97 Å². The Morgan fingerprint density at radius 3 is 2.87 bits per heavy atom. The Balaban J connectivity index is 2.33. The highest BCUT2D eigenvalue weighted by atomic mass is 32.2. The smallest absolute Gasteiger partial charge is 0.331 e. The lowest BCUT2D eigenvalue weighted by atomic mass is 9.99. The summed E-state index contributed by atoms with van der Waals surface area (Å²) < 4.78 is 0. The fraction of sp³-hybridized carbons (Fsp3) is 0.500. The Morgan fingerprint density at radius 1 is 1.67 bits per heavy atom. The number of carboxylic acid groups (broad SMARTS) is 1. The molecule has 2 heterocycles. The van der Waals surface area contributed by atoms with E-state index in [0.717, 1.165) is 4.90 Å². The number of carboxylic acids is 1. The predicted molar refractivity (Wildman–Crippen MR) is 51.7 cm³/mol. The molecule has 2 aliphatic heterocycles. The molecular formula is C8H8N2O4S. The summed E-state index contributed by atoms with van der Waals surface area (Å²) in [6, 6.07) is -1.83. The molecule has 2 rings (SSSR count). The van der Waals surface area contributed by atoms with Crippen LogP contribution in [0.4, 0.5) is 0 Å². The lowest BCUT2D eigenvalue weighted by Crippen LogP contribution is -2.73. The normalized spacial score (nSPS) is 34.2. The Hall–Kier alpha value is -1.30. The second kappa shape index (κ2) is 3.37. The molecular weight excluding hydrogens is 220 g/mol. The quantitative estimate of drug-likeness (QED) is 0.416. The number of thioether (sulfide) groups is 1. The molecule has 0 bridgehead atoms. The molecule has 15 heavy (non-hydrogen) atoms. The van der Waals surface area contributed by atoms with E-state index in [4.69, 9.17) is 10.8 Å². The summed E-state index contributed by atoms with van der Waals surface area (Å²) in [5, 5.41) is 8.60. The molecule has 3 N–H and O–H groups in total. The van der Waals surface area contributed by atoms with Gasteiger partial charge in [-0.05, 0) is 0 Å². The van der Waals surface area contributed by atoms with Gasteiger partial charge in [0.05, 0.1) is 5.57 Å². The summed E-state index contributed by atoms with van der Waals surface area (Å²) in [7, 11) is 0. The van der Waals surface area contributed by atoms with Crippen LogP contribution >= 0.6 is 11.8 Å². The number of fused-ring (bicyclic) bond motifs is 1. The van der Waals surface area contributed by atoms with Crippen molar-refractivity contribution in [2.75, 3.05) is 5.75 Å². The highest BCUT2D eigenvalue weighted by molar-refractivity contribution is 8.00. The number of hydrogen-bond acceptors (Lipinski definition) is 5. The Bertz CT molecular complexity index is 390. The molecule has 1 amide bonds. The van der Waals surface area contributed by atoms with Gasteiger partial charge in [-0.3, -0.25) is 4.79 Å². The lowest BCUT2D eigenvalue weighted by molar-refractivity contribution is -0.158. The zero-order valence-electron chi connectivity index (χ0n) is 7.54. The largest absolute Gasteiger partial charge is 0.479 e. The van der Waals surface area contributed by atoms with Crippen LogP contribution in [0.1, 0.15) is 0 Å². The van der Waals surface area contributed by atoms with Crippen molar-refractivity contribution in [1.29, 1.82) is 0 Å². The number of rotatable bonds is 1. The summed E-state index contributed by atoms with van der Waals surface area (Å²) in [6.45, 7) is 0. The second-order valence-electron chi connectivity index (χ2n) is 3.34. The first-order valence-corrected chi connectivity index (χ1v) is 5.29. The van der Waals surface area contributed by atoms with Crippen molar-refractivity contribution >= 4 is 29.6 Å². The van der Waals surface area contributed by atoms with E-state index in [1.54, 1.807) is 5.94 Å². The van der Waals surface area contributed by atoms with Crippen LogP contribution in [-0.4, -0.2) is 51.0 Å². The molecule has 7 heteroatoms. The summed E-state index contributed by atoms with van der Waals surface area (Å²) >= 11 is 1.30. The lowest BCUT2D eigenvalue weighted by Gasteiger charge is -2.50. The van der Waals surface area contributed by atoms with Crippen molar-refractivity contribution in [3.8, 4) is 0 Å². The van der Waals surface area contributed by atoms with Crippen molar-refractivity contribution in [1.82, 2.24) is 4.90 Å². The first-order valence-electron chi connectivity index (χ1n) is 4.24. The second-order valence-corrected chi connectivity index (χ2v) is 4.45. The molecule has 0 aromatic rings. The van der Waals surface area contributed by atoms with Gasteiger partial charge in [-0.25, -0.2) is 9.59 Å². The number of carbonyl (C=O) groups is 2. The SMILES string of the molecule is NC1C(=O)N2C(C(=O)O)C(=C=O)CS[C@H]12. The number of nitrogens with zero attached hydrogens (tertiary/aromatic N) is 1. The van der Waals surface area contributed by atoms with Gasteiger partial charge in [0.25, 0.3) is 0 Å². The minimum Gasteiger partial charge on any atom is -0.479 e. The number of amides is 1. The molecule has 0 aliphatic carbocycles. The molecule has 2 aliphatic rings. The molecule has 0 aromatic heterocycles. The number of hydrogen-bond donors (Lipinski definition) is 2. The van der Waals surface area contributed by atoms with E-state index in [-0.39, 0.29) is 16.7 Å². The summed E-state index contributed by atoms with van der Waals surface area (Å²) in [6.07, 6.45) is 0. The maximum absolute atomic E-state index is 11.4. The van der Waals surface area contributed by atoms with Crippen molar-refractivity contribution in [3.63, 3.8) is 0 Å². The van der Waals surface area contributed by atoms with E-state index >= 15 is 0 Å². The van der Waals surface area contributed by atoms with Crippen LogP contribution in [0.3, 0.4) is 0 Å². The predicted octanol–water partition coefficient (Wildman–Crippen LogP) is -1.56. The van der Waals surface area contributed by atoms with Crippen molar-refractivity contribution in [2.24, 2.45) is 5.73 Å². The highest BCUT2D eigenvalue weighted by Gasteiger charge is 2.54. The van der Waals surface area contributed by atoms with Gasteiger partial charge in [0, 0.05) is 5.75 Å². The van der Waals surface area contributed by atoms with Gasteiger partial charge in [-0.1, -0.05) is 0 Å². The van der Waals surface area contributed by atoms with Gasteiger partial charge in [-0.15, -0.1) is 11.8 Å². The minimum atomic E-state index is -1.21. The Morgan fingerprint density at radius 2 is 2.33 bits per heavy atom. The number of β-lactam (4-membered cyclic amide) rings is 1. The third kappa shape index (κ3) is 1.28. The monoisotopic (exact) mass is 228 g/mol. The third-order valence-electron chi connectivity index (χ3n) is 2.50. The topological polar surface area (TPSA) is 101 Å². The molecule has 0 saturated carbocycles. The van der Waals surface area contributed by atoms with E-state index in [9.17, 15) is 14.4 Å². The maximum atomic E-state index is 11.4. The molecule has 2 fully saturated rings. The standard InChI is InChI=1S/C8H8N2O4S/c9-4-6(12)10-5(8(13)14)3(1-11)2-15-7(4)10/h4-5,7H,2,9H2,(H,13,14)/t4?,5?,7-/m1/s1. The van der Waals surface area contributed by atoms with Gasteiger partial charge in [0.1, 0.15) is 17.4 Å². The van der Waals surface area contributed by atoms with E-state index in [0.29, 0.717) is 0 Å². The van der Waals surface area contributed by atoms with E-state index in [2.05, 4.69) is 0 Å². The summed E-state index contributed by atoms with van der Waals surface area (Å²) in [5.74, 6) is 0.219. The first kappa shape index (κ1) is 10.2. The number of nitrogens with two attached hydrogens (primary N) is 1. The average Bonchev–Trinajstić information content (AvgIpc) is 2.25. The molecule has 0 spiro atoms. The summed E-state index contributed by atoms with van der Waals surface area (Å²) in [4.78, 5) is 33.9. The third-order valence-corrected chi connectivity index (χ3v) is 3.84. The van der Waals surface area contributed by atoms with Crippen LogP contribution in [0.25, 0.3) is 0 Å². The zero-order chi connectivity index (χ0) is 11.2. The summed E-state index contributed by atoms with van der Waals surface area (Å²) in [5.41, 5.74) is 5.60.